The standard InChI is InChI=1S/C20H26N2O5/c1-5-25-17-12-15(13-18(26-6-2)19(17)27-7-3)22-20(23)21-14-9-8-10-16(11-14)24-4/h8-13H,5-7H2,1-4H3,(H2,21,22,23). The van der Waals surface area contributed by atoms with Crippen LogP contribution in [0, 0.1) is 0 Å². The van der Waals surface area contributed by atoms with Crippen molar-refractivity contribution < 1.29 is 23.7 Å². The van der Waals surface area contributed by atoms with Gasteiger partial charge in [-0.1, -0.05) is 6.07 Å². The number of urea groups is 1. The Morgan fingerprint density at radius 3 is 2.00 bits per heavy atom. The number of anilines is 2. The van der Waals surface area contributed by atoms with E-state index < -0.39 is 6.03 Å². The molecular weight excluding hydrogens is 348 g/mol. The van der Waals surface area contributed by atoms with E-state index in [0.29, 0.717) is 54.2 Å². The number of ether oxygens (including phenoxy) is 4. The first kappa shape index (κ1) is 20.2. The molecule has 0 aromatic heterocycles. The molecule has 0 fully saturated rings. The fraction of sp³-hybridized carbons (Fsp3) is 0.350. The normalized spacial score (nSPS) is 10.1. The summed E-state index contributed by atoms with van der Waals surface area (Å²) in [5.74, 6) is 2.22. The maximum absolute atomic E-state index is 12.4. The van der Waals surface area contributed by atoms with Crippen LogP contribution in [0.25, 0.3) is 0 Å². The molecule has 27 heavy (non-hydrogen) atoms. The molecular formula is C20H26N2O5. The van der Waals surface area contributed by atoms with Crippen LogP contribution in [0.2, 0.25) is 0 Å². The highest BCUT2D eigenvalue weighted by atomic mass is 16.5. The van der Waals surface area contributed by atoms with Crippen molar-refractivity contribution in [3.63, 3.8) is 0 Å². The Morgan fingerprint density at radius 1 is 0.852 bits per heavy atom. The molecule has 0 aliphatic carbocycles. The van der Waals surface area contributed by atoms with Crippen molar-refractivity contribution in [1.82, 2.24) is 0 Å². The van der Waals surface area contributed by atoms with Gasteiger partial charge in [0.15, 0.2) is 11.5 Å². The molecule has 7 nitrogen and oxygen atoms in total. The average molecular weight is 374 g/mol. The summed E-state index contributed by atoms with van der Waals surface area (Å²) in [6.07, 6.45) is 0. The summed E-state index contributed by atoms with van der Waals surface area (Å²) >= 11 is 0. The molecule has 0 saturated carbocycles. The molecule has 0 aliphatic heterocycles. The zero-order valence-electron chi connectivity index (χ0n) is 16.1. The minimum atomic E-state index is -0.391. The lowest BCUT2D eigenvalue weighted by Crippen LogP contribution is -2.19. The zero-order valence-corrected chi connectivity index (χ0v) is 16.1. The van der Waals surface area contributed by atoms with Crippen LogP contribution in [-0.4, -0.2) is 33.0 Å². The summed E-state index contributed by atoms with van der Waals surface area (Å²) in [6.45, 7) is 7.05. The van der Waals surface area contributed by atoms with Crippen LogP contribution in [0.4, 0.5) is 16.2 Å². The summed E-state index contributed by atoms with van der Waals surface area (Å²) in [5.41, 5.74) is 1.15. The van der Waals surface area contributed by atoms with E-state index in [1.807, 2.05) is 20.8 Å². The average Bonchev–Trinajstić information content (AvgIpc) is 2.65. The van der Waals surface area contributed by atoms with Crippen molar-refractivity contribution in [3.05, 3.63) is 36.4 Å². The van der Waals surface area contributed by atoms with E-state index in [1.165, 1.54) is 0 Å². The number of carbonyl (C=O) groups excluding carboxylic acids is 1. The second-order valence-corrected chi connectivity index (χ2v) is 5.41. The molecule has 2 aromatic rings. The number of nitrogens with one attached hydrogen (secondary N) is 2. The van der Waals surface area contributed by atoms with Crippen LogP contribution in [-0.2, 0) is 0 Å². The van der Waals surface area contributed by atoms with E-state index in [1.54, 1.807) is 43.5 Å². The number of carbonyl (C=O) groups is 1. The third-order valence-corrected chi connectivity index (χ3v) is 3.49. The molecule has 146 valence electrons. The Labute approximate surface area is 159 Å². The Hall–Kier alpha value is -3.09. The van der Waals surface area contributed by atoms with Crippen molar-refractivity contribution in [2.24, 2.45) is 0 Å². The minimum Gasteiger partial charge on any atom is -0.497 e. The quantitative estimate of drug-likeness (QED) is 0.674. The highest BCUT2D eigenvalue weighted by molar-refractivity contribution is 6.00. The number of amides is 2. The van der Waals surface area contributed by atoms with E-state index in [-0.39, 0.29) is 0 Å². The van der Waals surface area contributed by atoms with Crippen LogP contribution in [0.5, 0.6) is 23.0 Å². The minimum absolute atomic E-state index is 0.391. The molecule has 2 rings (SSSR count). The molecule has 0 radical (unpaired) electrons. The van der Waals surface area contributed by atoms with Gasteiger partial charge in [0.1, 0.15) is 5.75 Å². The van der Waals surface area contributed by atoms with Gasteiger partial charge in [-0.15, -0.1) is 0 Å². The maximum Gasteiger partial charge on any atom is 0.323 e. The topological polar surface area (TPSA) is 78.1 Å². The third-order valence-electron chi connectivity index (χ3n) is 3.49. The lowest BCUT2D eigenvalue weighted by atomic mass is 10.2. The molecule has 2 N–H and O–H groups in total. The van der Waals surface area contributed by atoms with Crippen LogP contribution in [0.15, 0.2) is 36.4 Å². The third kappa shape index (κ3) is 5.70. The van der Waals surface area contributed by atoms with Gasteiger partial charge in [0.05, 0.1) is 32.6 Å². The summed E-state index contributed by atoms with van der Waals surface area (Å²) in [5, 5.41) is 5.55. The molecule has 0 heterocycles. The first-order valence-corrected chi connectivity index (χ1v) is 8.89. The van der Waals surface area contributed by atoms with Crippen molar-refractivity contribution >= 4 is 17.4 Å². The molecule has 0 aliphatic rings. The SMILES string of the molecule is CCOc1cc(NC(=O)Nc2cccc(OC)c2)cc(OCC)c1OCC. The molecule has 7 heteroatoms. The van der Waals surface area contributed by atoms with Gasteiger partial charge in [0, 0.05) is 23.9 Å². The number of rotatable bonds is 9. The maximum atomic E-state index is 12.4. The second-order valence-electron chi connectivity index (χ2n) is 5.41. The summed E-state index contributed by atoms with van der Waals surface area (Å²) in [6, 6.07) is 10.1. The van der Waals surface area contributed by atoms with Gasteiger partial charge in [-0.05, 0) is 32.9 Å². The summed E-state index contributed by atoms with van der Waals surface area (Å²) in [4.78, 5) is 12.4. The molecule has 0 spiro atoms. The van der Waals surface area contributed by atoms with Gasteiger partial charge in [-0.3, -0.25) is 0 Å². The Kier molecular flexibility index (Phi) is 7.61. The molecule has 0 unspecified atom stereocenters. The van der Waals surface area contributed by atoms with Gasteiger partial charge in [-0.25, -0.2) is 4.79 Å². The highest BCUT2D eigenvalue weighted by Gasteiger charge is 2.16. The van der Waals surface area contributed by atoms with Crippen LogP contribution in [0.1, 0.15) is 20.8 Å². The van der Waals surface area contributed by atoms with Gasteiger partial charge in [0.25, 0.3) is 0 Å². The Balaban J connectivity index is 2.21. The monoisotopic (exact) mass is 374 g/mol. The lowest BCUT2D eigenvalue weighted by molar-refractivity contribution is 0.260. The molecule has 0 bridgehead atoms. The largest absolute Gasteiger partial charge is 0.497 e. The number of methoxy groups -OCH3 is 1. The van der Waals surface area contributed by atoms with Crippen LogP contribution < -0.4 is 29.6 Å². The van der Waals surface area contributed by atoms with Gasteiger partial charge < -0.3 is 29.6 Å². The fourth-order valence-electron chi connectivity index (χ4n) is 2.46. The first-order valence-electron chi connectivity index (χ1n) is 8.89. The number of benzene rings is 2. The van der Waals surface area contributed by atoms with E-state index >= 15 is 0 Å². The number of hydrogen-bond donors (Lipinski definition) is 2. The van der Waals surface area contributed by atoms with Gasteiger partial charge in [-0.2, -0.15) is 0 Å². The predicted molar refractivity (Wildman–Crippen MR) is 106 cm³/mol. The highest BCUT2D eigenvalue weighted by Crippen LogP contribution is 2.40. The van der Waals surface area contributed by atoms with E-state index in [0.717, 1.165) is 0 Å². The van der Waals surface area contributed by atoms with Crippen molar-refractivity contribution in [1.29, 1.82) is 0 Å². The van der Waals surface area contributed by atoms with Gasteiger partial charge in [0.2, 0.25) is 5.75 Å². The predicted octanol–water partition coefficient (Wildman–Crippen LogP) is 4.54. The van der Waals surface area contributed by atoms with Crippen molar-refractivity contribution in [2.75, 3.05) is 37.6 Å². The summed E-state index contributed by atoms with van der Waals surface area (Å²) < 4.78 is 22.1. The van der Waals surface area contributed by atoms with Crippen molar-refractivity contribution in [3.8, 4) is 23.0 Å². The zero-order chi connectivity index (χ0) is 19.6. The molecule has 0 saturated heterocycles. The lowest BCUT2D eigenvalue weighted by Gasteiger charge is -2.17. The van der Waals surface area contributed by atoms with Crippen LogP contribution in [0.3, 0.4) is 0 Å². The fourth-order valence-corrected chi connectivity index (χ4v) is 2.46. The van der Waals surface area contributed by atoms with E-state index in [4.69, 9.17) is 18.9 Å². The molecule has 2 amide bonds. The van der Waals surface area contributed by atoms with Crippen molar-refractivity contribution in [2.45, 2.75) is 20.8 Å². The second kappa shape index (κ2) is 10.2. The first-order chi connectivity index (χ1) is 13.1. The Bertz CT molecular complexity index is 737. The van der Waals surface area contributed by atoms with Gasteiger partial charge >= 0.3 is 6.03 Å². The van der Waals surface area contributed by atoms with E-state index in [9.17, 15) is 4.79 Å². The van der Waals surface area contributed by atoms with Crippen LogP contribution >= 0.6 is 0 Å². The smallest absolute Gasteiger partial charge is 0.323 e. The number of hydrogen-bond acceptors (Lipinski definition) is 5. The summed E-state index contributed by atoms with van der Waals surface area (Å²) in [7, 11) is 1.57. The Morgan fingerprint density at radius 2 is 1.44 bits per heavy atom. The molecule has 0 atom stereocenters. The molecule has 2 aromatic carbocycles. The van der Waals surface area contributed by atoms with E-state index in [2.05, 4.69) is 10.6 Å².